The number of amides is 2. The Hall–Kier alpha value is -2.82. The second-order valence-corrected chi connectivity index (χ2v) is 7.05. The van der Waals surface area contributed by atoms with Crippen molar-refractivity contribution in [3.63, 3.8) is 0 Å². The number of anilines is 1. The van der Waals surface area contributed by atoms with Crippen LogP contribution in [0.1, 0.15) is 31.4 Å². The van der Waals surface area contributed by atoms with Crippen molar-refractivity contribution in [3.05, 3.63) is 59.7 Å². The van der Waals surface area contributed by atoms with Crippen molar-refractivity contribution in [3.8, 4) is 5.75 Å². The molecule has 0 radical (unpaired) electrons. The Bertz CT molecular complexity index is 812. The molecule has 1 aliphatic heterocycles. The van der Waals surface area contributed by atoms with Gasteiger partial charge in [-0.2, -0.15) is 0 Å². The topological polar surface area (TPSA) is 58.6 Å². The number of carbonyl (C=O) groups excluding carboxylic acids is 2. The zero-order valence-corrected chi connectivity index (χ0v) is 15.4. The number of nitrogens with zero attached hydrogens (tertiary/aromatic N) is 1. The first-order chi connectivity index (χ1) is 12.4. The van der Waals surface area contributed by atoms with Crippen LogP contribution in [0.4, 0.5) is 5.69 Å². The van der Waals surface area contributed by atoms with E-state index >= 15 is 0 Å². The first kappa shape index (κ1) is 18.0. The highest BCUT2D eigenvalue weighted by molar-refractivity contribution is 6.02. The number of ether oxygens (including phenoxy) is 1. The summed E-state index contributed by atoms with van der Waals surface area (Å²) in [6.45, 7) is 6.33. The van der Waals surface area contributed by atoms with Crippen molar-refractivity contribution in [2.45, 2.75) is 39.3 Å². The molecule has 5 nitrogen and oxygen atoms in total. The maximum atomic E-state index is 12.7. The molecule has 2 aromatic rings. The van der Waals surface area contributed by atoms with Crippen molar-refractivity contribution in [1.82, 2.24) is 5.32 Å². The number of benzene rings is 2. The van der Waals surface area contributed by atoms with Crippen LogP contribution in [0.15, 0.2) is 48.5 Å². The zero-order chi connectivity index (χ0) is 18.7. The van der Waals surface area contributed by atoms with E-state index in [1.807, 2.05) is 55.5 Å². The molecule has 136 valence electrons. The molecule has 0 saturated carbocycles. The lowest BCUT2D eigenvalue weighted by atomic mass is 10.0. The summed E-state index contributed by atoms with van der Waals surface area (Å²) >= 11 is 0. The largest absolute Gasteiger partial charge is 0.476 e. The Labute approximate surface area is 154 Å². The van der Waals surface area contributed by atoms with E-state index in [-0.39, 0.29) is 18.2 Å². The van der Waals surface area contributed by atoms with Gasteiger partial charge in [0.2, 0.25) is 5.91 Å². The van der Waals surface area contributed by atoms with Crippen LogP contribution in [0.5, 0.6) is 5.75 Å². The predicted molar refractivity (Wildman–Crippen MR) is 101 cm³/mol. The fourth-order valence-corrected chi connectivity index (χ4v) is 2.95. The summed E-state index contributed by atoms with van der Waals surface area (Å²) < 4.78 is 5.79. The average molecular weight is 352 g/mol. The SMILES string of the molecule is Cc1ccc(CNC(=O)CCN2C(=O)C(C)(C)Oc3ccccc32)cc1. The molecule has 0 atom stereocenters. The second-order valence-electron chi connectivity index (χ2n) is 7.05. The van der Waals surface area contributed by atoms with Crippen molar-refractivity contribution in [2.24, 2.45) is 0 Å². The lowest BCUT2D eigenvalue weighted by Crippen LogP contribution is -2.53. The standard InChI is InChI=1S/C21H24N2O3/c1-15-8-10-16(11-9-15)14-22-19(24)12-13-23-17-6-4-5-7-18(17)26-21(2,3)20(23)25/h4-11H,12-14H2,1-3H3,(H,22,24). The summed E-state index contributed by atoms with van der Waals surface area (Å²) in [4.78, 5) is 26.6. The Morgan fingerprint density at radius 3 is 2.54 bits per heavy atom. The van der Waals surface area contributed by atoms with Crippen LogP contribution >= 0.6 is 0 Å². The molecule has 0 aromatic heterocycles. The van der Waals surface area contributed by atoms with E-state index in [0.717, 1.165) is 5.56 Å². The molecule has 2 aromatic carbocycles. The molecule has 0 spiro atoms. The third kappa shape index (κ3) is 3.87. The average Bonchev–Trinajstić information content (AvgIpc) is 2.61. The monoisotopic (exact) mass is 352 g/mol. The summed E-state index contributed by atoms with van der Waals surface area (Å²) in [5, 5.41) is 2.91. The third-order valence-corrected chi connectivity index (χ3v) is 4.45. The molecular formula is C21H24N2O3. The number of hydrogen-bond acceptors (Lipinski definition) is 3. The Kier molecular flexibility index (Phi) is 4.98. The molecule has 0 saturated heterocycles. The van der Waals surface area contributed by atoms with Gasteiger partial charge in [-0.15, -0.1) is 0 Å². The van der Waals surface area contributed by atoms with E-state index in [1.54, 1.807) is 18.7 Å². The molecular weight excluding hydrogens is 328 g/mol. The molecule has 0 fully saturated rings. The van der Waals surface area contributed by atoms with Crippen LogP contribution in [0.3, 0.4) is 0 Å². The van der Waals surface area contributed by atoms with E-state index in [4.69, 9.17) is 4.74 Å². The van der Waals surface area contributed by atoms with Crippen LogP contribution < -0.4 is 15.0 Å². The first-order valence-electron chi connectivity index (χ1n) is 8.79. The second kappa shape index (κ2) is 7.20. The van der Waals surface area contributed by atoms with Gasteiger partial charge in [0.25, 0.3) is 5.91 Å². The Balaban J connectivity index is 1.62. The smallest absolute Gasteiger partial charge is 0.270 e. The highest BCUT2D eigenvalue weighted by atomic mass is 16.5. The van der Waals surface area contributed by atoms with Crippen LogP contribution in [-0.4, -0.2) is 24.0 Å². The summed E-state index contributed by atoms with van der Waals surface area (Å²) in [7, 11) is 0. The predicted octanol–water partition coefficient (Wildman–Crippen LogP) is 3.21. The fraction of sp³-hybridized carbons (Fsp3) is 0.333. The minimum absolute atomic E-state index is 0.0832. The number of rotatable bonds is 5. The molecule has 5 heteroatoms. The fourth-order valence-electron chi connectivity index (χ4n) is 2.95. The molecule has 0 aliphatic carbocycles. The number of nitrogens with one attached hydrogen (secondary N) is 1. The molecule has 0 bridgehead atoms. The minimum Gasteiger partial charge on any atom is -0.476 e. The van der Waals surface area contributed by atoms with Crippen LogP contribution in [0, 0.1) is 6.92 Å². The van der Waals surface area contributed by atoms with Crippen LogP contribution in [0.25, 0.3) is 0 Å². The van der Waals surface area contributed by atoms with Crippen LogP contribution in [0.2, 0.25) is 0 Å². The highest BCUT2D eigenvalue weighted by Gasteiger charge is 2.40. The maximum Gasteiger partial charge on any atom is 0.270 e. The molecule has 2 amide bonds. The first-order valence-corrected chi connectivity index (χ1v) is 8.79. The van der Waals surface area contributed by atoms with Gasteiger partial charge in [0.15, 0.2) is 5.60 Å². The Morgan fingerprint density at radius 1 is 1.12 bits per heavy atom. The summed E-state index contributed by atoms with van der Waals surface area (Å²) in [6, 6.07) is 15.5. The zero-order valence-electron chi connectivity index (χ0n) is 15.4. The Morgan fingerprint density at radius 2 is 1.81 bits per heavy atom. The molecule has 0 unspecified atom stereocenters. The van der Waals surface area contributed by atoms with Crippen molar-refractivity contribution in [1.29, 1.82) is 0 Å². The number of hydrogen-bond donors (Lipinski definition) is 1. The normalized spacial score (nSPS) is 15.2. The number of fused-ring (bicyclic) bond motifs is 1. The summed E-state index contributed by atoms with van der Waals surface area (Å²) in [5.74, 6) is 0.444. The summed E-state index contributed by atoms with van der Waals surface area (Å²) in [5.41, 5.74) is 2.01. The lowest BCUT2D eigenvalue weighted by molar-refractivity contribution is -0.132. The molecule has 1 aliphatic rings. The summed E-state index contributed by atoms with van der Waals surface area (Å²) in [6.07, 6.45) is 0.238. The van der Waals surface area contributed by atoms with Gasteiger partial charge in [0.05, 0.1) is 5.69 Å². The van der Waals surface area contributed by atoms with Crippen molar-refractivity contribution in [2.75, 3.05) is 11.4 Å². The van der Waals surface area contributed by atoms with Gasteiger partial charge in [0.1, 0.15) is 5.75 Å². The quantitative estimate of drug-likeness (QED) is 0.899. The lowest BCUT2D eigenvalue weighted by Gasteiger charge is -2.38. The molecule has 1 heterocycles. The number of aryl methyl sites for hydroxylation is 1. The van der Waals surface area contributed by atoms with Crippen molar-refractivity contribution >= 4 is 17.5 Å². The van der Waals surface area contributed by atoms with Gasteiger partial charge in [0, 0.05) is 19.5 Å². The third-order valence-electron chi connectivity index (χ3n) is 4.45. The van der Waals surface area contributed by atoms with Gasteiger partial charge in [-0.3, -0.25) is 9.59 Å². The van der Waals surface area contributed by atoms with E-state index in [2.05, 4.69) is 5.32 Å². The van der Waals surface area contributed by atoms with Crippen LogP contribution in [-0.2, 0) is 16.1 Å². The van der Waals surface area contributed by atoms with E-state index in [9.17, 15) is 9.59 Å². The van der Waals surface area contributed by atoms with Crippen molar-refractivity contribution < 1.29 is 14.3 Å². The van der Waals surface area contributed by atoms with E-state index in [0.29, 0.717) is 24.5 Å². The van der Waals surface area contributed by atoms with Gasteiger partial charge >= 0.3 is 0 Å². The van der Waals surface area contributed by atoms with E-state index in [1.165, 1.54) is 5.56 Å². The highest BCUT2D eigenvalue weighted by Crippen LogP contribution is 2.37. The number of para-hydroxylation sites is 2. The van der Waals surface area contributed by atoms with Gasteiger partial charge < -0.3 is 15.0 Å². The molecule has 26 heavy (non-hydrogen) atoms. The van der Waals surface area contributed by atoms with E-state index < -0.39 is 5.60 Å². The van der Waals surface area contributed by atoms with Gasteiger partial charge in [-0.25, -0.2) is 0 Å². The molecule has 1 N–H and O–H groups in total. The van der Waals surface area contributed by atoms with Gasteiger partial charge in [-0.05, 0) is 38.5 Å². The van der Waals surface area contributed by atoms with Gasteiger partial charge in [-0.1, -0.05) is 42.0 Å². The maximum absolute atomic E-state index is 12.7. The number of carbonyl (C=O) groups is 2. The molecule has 3 rings (SSSR count). The minimum atomic E-state index is -0.938.